The largest absolute Gasteiger partial charge is 0.313 e. The maximum Gasteiger partial charge on any atom is 0.148 e. The van der Waals surface area contributed by atoms with E-state index in [0.29, 0.717) is 0 Å². The molecule has 0 aliphatic carbocycles. The molecule has 0 radical (unpaired) electrons. The Morgan fingerprint density at radius 1 is 1.26 bits per heavy atom. The Balaban J connectivity index is 1.54. The van der Waals surface area contributed by atoms with Crippen molar-refractivity contribution >= 4 is 16.5 Å². The van der Waals surface area contributed by atoms with Gasteiger partial charge in [0.2, 0.25) is 0 Å². The lowest BCUT2D eigenvalue weighted by Gasteiger charge is -2.32. The van der Waals surface area contributed by atoms with Crippen LogP contribution in [0.3, 0.4) is 0 Å². The van der Waals surface area contributed by atoms with Crippen LogP contribution in [0.5, 0.6) is 0 Å². The van der Waals surface area contributed by atoms with Crippen LogP contribution in [0.1, 0.15) is 31.4 Å². The van der Waals surface area contributed by atoms with E-state index in [1.54, 1.807) is 0 Å². The number of nitrogens with zero attached hydrogens (tertiary/aromatic N) is 4. The van der Waals surface area contributed by atoms with Gasteiger partial charge in [0.1, 0.15) is 10.7 Å². The highest BCUT2D eigenvalue weighted by Crippen LogP contribution is 2.23. The Morgan fingerprint density at radius 3 is 2.89 bits per heavy atom. The second-order valence-electron chi connectivity index (χ2n) is 5.47. The molecule has 0 saturated carbocycles. The smallest absolute Gasteiger partial charge is 0.148 e. The van der Waals surface area contributed by atoms with Gasteiger partial charge in [-0.3, -0.25) is 9.80 Å². The Kier molecular flexibility index (Phi) is 4.27. The molecule has 1 atom stereocenters. The lowest BCUT2D eigenvalue weighted by molar-refractivity contribution is 0.161. The molecular formula is C12H22N6S. The van der Waals surface area contributed by atoms with Gasteiger partial charge >= 0.3 is 0 Å². The van der Waals surface area contributed by atoms with Gasteiger partial charge in [-0.1, -0.05) is 10.9 Å². The van der Waals surface area contributed by atoms with Crippen LogP contribution in [0.25, 0.3) is 0 Å². The Hall–Kier alpha value is -0.760. The number of hydrazine groups is 1. The van der Waals surface area contributed by atoms with Crippen molar-refractivity contribution in [3.63, 3.8) is 0 Å². The predicted molar refractivity (Wildman–Crippen MR) is 76.8 cm³/mol. The Labute approximate surface area is 118 Å². The van der Waals surface area contributed by atoms with E-state index in [1.807, 2.05) is 0 Å². The first kappa shape index (κ1) is 13.2. The van der Waals surface area contributed by atoms with Crippen molar-refractivity contribution < 1.29 is 0 Å². The molecule has 1 aromatic rings. The number of likely N-dealkylation sites (tertiary alicyclic amines) is 2. The molecule has 19 heavy (non-hydrogen) atoms. The van der Waals surface area contributed by atoms with Gasteiger partial charge in [0, 0.05) is 37.2 Å². The SMILES string of the molecule is NNc1snnc1CN1CCC(N2CCCCC2)C1. The third kappa shape index (κ3) is 3.05. The summed E-state index contributed by atoms with van der Waals surface area (Å²) in [6, 6.07) is 0.737. The van der Waals surface area contributed by atoms with Crippen LogP contribution in [-0.4, -0.2) is 51.6 Å². The van der Waals surface area contributed by atoms with Crippen LogP contribution >= 0.6 is 11.5 Å². The lowest BCUT2D eigenvalue weighted by Crippen LogP contribution is -2.40. The zero-order valence-electron chi connectivity index (χ0n) is 11.2. The number of rotatable bonds is 4. The van der Waals surface area contributed by atoms with E-state index >= 15 is 0 Å². The molecule has 3 rings (SSSR count). The van der Waals surface area contributed by atoms with Gasteiger partial charge in [0.05, 0.1) is 0 Å². The minimum absolute atomic E-state index is 0.737. The number of aromatic nitrogens is 2. The van der Waals surface area contributed by atoms with Gasteiger partial charge in [-0.25, -0.2) is 5.84 Å². The molecule has 1 unspecified atom stereocenters. The molecule has 0 amide bonds. The van der Waals surface area contributed by atoms with Gasteiger partial charge in [-0.2, -0.15) is 0 Å². The minimum atomic E-state index is 0.737. The highest BCUT2D eigenvalue weighted by molar-refractivity contribution is 7.10. The number of hydrogen-bond donors (Lipinski definition) is 2. The standard InChI is InChI=1S/C12H22N6S/c13-14-12-11(15-16-19-12)9-17-7-4-10(8-17)18-5-2-1-3-6-18/h10,14H,1-9,13H2. The van der Waals surface area contributed by atoms with E-state index in [2.05, 4.69) is 24.8 Å². The molecular weight excluding hydrogens is 260 g/mol. The molecule has 0 aromatic carbocycles. The molecule has 0 spiro atoms. The molecule has 3 N–H and O–H groups in total. The van der Waals surface area contributed by atoms with E-state index in [4.69, 9.17) is 5.84 Å². The van der Waals surface area contributed by atoms with Gasteiger partial charge in [0.25, 0.3) is 0 Å². The lowest BCUT2D eigenvalue weighted by atomic mass is 10.1. The van der Waals surface area contributed by atoms with Crippen molar-refractivity contribution in [2.75, 3.05) is 31.6 Å². The maximum atomic E-state index is 5.47. The fourth-order valence-electron chi connectivity index (χ4n) is 3.17. The summed E-state index contributed by atoms with van der Waals surface area (Å²) in [5.41, 5.74) is 3.66. The number of piperidine rings is 1. The second-order valence-corrected chi connectivity index (χ2v) is 6.22. The summed E-state index contributed by atoms with van der Waals surface area (Å²) in [6.45, 7) is 5.74. The number of nitrogen functional groups attached to an aromatic ring is 1. The van der Waals surface area contributed by atoms with E-state index < -0.39 is 0 Å². The highest BCUT2D eigenvalue weighted by atomic mass is 32.1. The quantitative estimate of drug-likeness (QED) is 0.631. The van der Waals surface area contributed by atoms with Crippen molar-refractivity contribution in [3.05, 3.63) is 5.69 Å². The summed E-state index contributed by atoms with van der Waals surface area (Å²) in [6.07, 6.45) is 5.42. The van der Waals surface area contributed by atoms with Crippen molar-refractivity contribution in [3.8, 4) is 0 Å². The first-order valence-electron chi connectivity index (χ1n) is 7.11. The van der Waals surface area contributed by atoms with Gasteiger partial charge in [-0.15, -0.1) is 5.10 Å². The van der Waals surface area contributed by atoms with Crippen LogP contribution in [0.15, 0.2) is 0 Å². The summed E-state index contributed by atoms with van der Waals surface area (Å²) >= 11 is 1.33. The zero-order valence-corrected chi connectivity index (χ0v) is 12.0. The summed E-state index contributed by atoms with van der Waals surface area (Å²) in [5, 5.41) is 5.05. The zero-order chi connectivity index (χ0) is 13.1. The fraction of sp³-hybridized carbons (Fsp3) is 0.833. The first-order valence-corrected chi connectivity index (χ1v) is 7.88. The van der Waals surface area contributed by atoms with E-state index in [0.717, 1.165) is 36.4 Å². The van der Waals surface area contributed by atoms with Crippen molar-refractivity contribution in [2.45, 2.75) is 38.3 Å². The molecule has 0 bridgehead atoms. The maximum absolute atomic E-state index is 5.47. The van der Waals surface area contributed by atoms with Gasteiger partial charge in [-0.05, 0) is 32.4 Å². The molecule has 2 aliphatic heterocycles. The van der Waals surface area contributed by atoms with Crippen molar-refractivity contribution in [2.24, 2.45) is 5.84 Å². The molecule has 1 aromatic heterocycles. The van der Waals surface area contributed by atoms with Crippen LogP contribution in [0, 0.1) is 0 Å². The third-order valence-electron chi connectivity index (χ3n) is 4.21. The predicted octanol–water partition coefficient (Wildman–Crippen LogP) is 0.884. The summed E-state index contributed by atoms with van der Waals surface area (Å²) < 4.78 is 3.96. The number of nitrogens with two attached hydrogens (primary N) is 1. The summed E-state index contributed by atoms with van der Waals surface area (Å²) in [5.74, 6) is 5.47. The van der Waals surface area contributed by atoms with Crippen LogP contribution in [0.2, 0.25) is 0 Å². The Morgan fingerprint density at radius 2 is 2.11 bits per heavy atom. The van der Waals surface area contributed by atoms with E-state index in [-0.39, 0.29) is 0 Å². The van der Waals surface area contributed by atoms with Crippen molar-refractivity contribution in [1.29, 1.82) is 0 Å². The minimum Gasteiger partial charge on any atom is -0.313 e. The molecule has 7 heteroatoms. The molecule has 6 nitrogen and oxygen atoms in total. The summed E-state index contributed by atoms with van der Waals surface area (Å²) in [4.78, 5) is 5.14. The fourth-order valence-corrected chi connectivity index (χ4v) is 3.66. The van der Waals surface area contributed by atoms with Crippen LogP contribution in [0.4, 0.5) is 5.00 Å². The monoisotopic (exact) mass is 282 g/mol. The molecule has 2 fully saturated rings. The van der Waals surface area contributed by atoms with Crippen LogP contribution < -0.4 is 11.3 Å². The van der Waals surface area contributed by atoms with Gasteiger partial charge in [0.15, 0.2) is 0 Å². The molecule has 3 heterocycles. The van der Waals surface area contributed by atoms with Gasteiger partial charge < -0.3 is 5.43 Å². The first-order chi connectivity index (χ1) is 9.36. The molecule has 2 aliphatic rings. The molecule has 106 valence electrons. The van der Waals surface area contributed by atoms with E-state index in [9.17, 15) is 0 Å². The highest BCUT2D eigenvalue weighted by Gasteiger charge is 2.29. The van der Waals surface area contributed by atoms with E-state index in [1.165, 1.54) is 50.3 Å². The number of anilines is 1. The average Bonchev–Trinajstić information content (AvgIpc) is 3.09. The normalized spacial score (nSPS) is 25.8. The average molecular weight is 282 g/mol. The van der Waals surface area contributed by atoms with Crippen molar-refractivity contribution in [1.82, 2.24) is 19.4 Å². The second kappa shape index (κ2) is 6.13. The number of hydrogen-bond acceptors (Lipinski definition) is 7. The van der Waals surface area contributed by atoms with Crippen LogP contribution in [-0.2, 0) is 6.54 Å². The number of nitrogens with one attached hydrogen (secondary N) is 1. The third-order valence-corrected chi connectivity index (χ3v) is 4.91. The topological polar surface area (TPSA) is 70.3 Å². The molecule has 2 saturated heterocycles. The summed E-state index contributed by atoms with van der Waals surface area (Å²) in [7, 11) is 0. The Bertz CT molecular complexity index is 403.